The van der Waals surface area contributed by atoms with Crippen LogP contribution in [-0.2, 0) is 17.5 Å². The highest BCUT2D eigenvalue weighted by Crippen LogP contribution is 2.32. The Hall–Kier alpha value is -2.57. The van der Waals surface area contributed by atoms with Crippen molar-refractivity contribution in [3.05, 3.63) is 63.6 Å². The minimum absolute atomic E-state index is 0.148. The van der Waals surface area contributed by atoms with Crippen LogP contribution >= 0.6 is 0 Å². The Labute approximate surface area is 156 Å². The summed E-state index contributed by atoms with van der Waals surface area (Å²) in [4.78, 5) is 24.3. The van der Waals surface area contributed by atoms with E-state index in [1.54, 1.807) is 0 Å². The quantitative estimate of drug-likeness (QED) is 0.814. The van der Waals surface area contributed by atoms with Crippen molar-refractivity contribution in [2.45, 2.75) is 52.3 Å². The number of carbonyl (C=O) groups excluding carboxylic acids is 1. The zero-order valence-electron chi connectivity index (χ0n) is 15.7. The Kier molecular flexibility index (Phi) is 6.13. The first-order chi connectivity index (χ1) is 12.5. The number of aromatic nitrogens is 1. The molecule has 1 amide bonds. The molecule has 4 nitrogen and oxygen atoms in total. The lowest BCUT2D eigenvalue weighted by Gasteiger charge is -2.20. The molecule has 0 aliphatic carbocycles. The highest BCUT2D eigenvalue weighted by molar-refractivity contribution is 5.92. The Morgan fingerprint density at radius 1 is 1.04 bits per heavy atom. The number of alkyl halides is 3. The van der Waals surface area contributed by atoms with Crippen molar-refractivity contribution < 1.29 is 18.0 Å². The van der Waals surface area contributed by atoms with E-state index in [0.717, 1.165) is 21.8 Å². The van der Waals surface area contributed by atoms with Crippen LogP contribution in [0.4, 0.5) is 18.9 Å². The van der Waals surface area contributed by atoms with Crippen molar-refractivity contribution in [2.75, 3.05) is 5.32 Å². The van der Waals surface area contributed by atoms with Gasteiger partial charge < -0.3 is 9.88 Å². The number of benzene rings is 1. The molecule has 7 heteroatoms. The topological polar surface area (TPSA) is 51.1 Å². The standard InChI is InChI=1S/C20H23F3N2O2/c1-12(2)15-6-5-7-16(13(3)4)19(15)24-17(26)11-25-10-14(20(21,22)23)8-9-18(25)27/h5-10,12-13H,11H2,1-4H3,(H,24,26). The van der Waals surface area contributed by atoms with Gasteiger partial charge in [0.05, 0.1) is 5.56 Å². The van der Waals surface area contributed by atoms with E-state index < -0.39 is 29.8 Å². The van der Waals surface area contributed by atoms with Crippen LogP contribution in [0.15, 0.2) is 41.3 Å². The zero-order chi connectivity index (χ0) is 20.4. The Bertz CT molecular complexity index is 857. The average Bonchev–Trinajstić information content (AvgIpc) is 2.55. The molecule has 1 aromatic carbocycles. The van der Waals surface area contributed by atoms with Gasteiger partial charge in [-0.3, -0.25) is 9.59 Å². The first-order valence-corrected chi connectivity index (χ1v) is 8.71. The summed E-state index contributed by atoms with van der Waals surface area (Å²) in [5.41, 5.74) is 0.893. The minimum Gasteiger partial charge on any atom is -0.324 e. The Morgan fingerprint density at radius 3 is 2.07 bits per heavy atom. The van der Waals surface area contributed by atoms with Crippen LogP contribution in [0.1, 0.15) is 56.2 Å². The number of nitrogens with zero attached hydrogens (tertiary/aromatic N) is 1. The molecule has 0 fully saturated rings. The lowest BCUT2D eigenvalue weighted by molar-refractivity contribution is -0.138. The number of nitrogens with one attached hydrogen (secondary N) is 1. The van der Waals surface area contributed by atoms with Crippen molar-refractivity contribution in [2.24, 2.45) is 0 Å². The summed E-state index contributed by atoms with van der Waals surface area (Å²) in [6.45, 7) is 7.48. The van der Waals surface area contributed by atoms with Crippen LogP contribution in [-0.4, -0.2) is 10.5 Å². The summed E-state index contributed by atoms with van der Waals surface area (Å²) < 4.78 is 39.3. The summed E-state index contributed by atoms with van der Waals surface area (Å²) in [6.07, 6.45) is -3.92. The average molecular weight is 380 g/mol. The fraction of sp³-hybridized carbons (Fsp3) is 0.400. The van der Waals surface area contributed by atoms with Crippen LogP contribution in [0.2, 0.25) is 0 Å². The lowest BCUT2D eigenvalue weighted by Crippen LogP contribution is -2.28. The number of halogens is 3. The van der Waals surface area contributed by atoms with Gasteiger partial charge in [0.15, 0.2) is 0 Å². The van der Waals surface area contributed by atoms with Crippen molar-refractivity contribution in [3.8, 4) is 0 Å². The molecule has 0 unspecified atom stereocenters. The van der Waals surface area contributed by atoms with E-state index in [4.69, 9.17) is 0 Å². The van der Waals surface area contributed by atoms with E-state index in [-0.39, 0.29) is 11.8 Å². The first-order valence-electron chi connectivity index (χ1n) is 8.71. The molecule has 0 aliphatic heterocycles. The molecule has 2 aromatic rings. The van der Waals surface area contributed by atoms with E-state index in [9.17, 15) is 22.8 Å². The molecule has 146 valence electrons. The number of para-hydroxylation sites is 1. The normalized spacial score (nSPS) is 11.9. The number of carbonyl (C=O) groups is 1. The lowest BCUT2D eigenvalue weighted by atomic mass is 9.92. The molecule has 2 rings (SSSR count). The number of rotatable bonds is 5. The monoisotopic (exact) mass is 380 g/mol. The van der Waals surface area contributed by atoms with E-state index in [1.807, 2.05) is 45.9 Å². The summed E-state index contributed by atoms with van der Waals surface area (Å²) in [6, 6.07) is 7.25. The number of hydrogen-bond acceptors (Lipinski definition) is 2. The SMILES string of the molecule is CC(C)c1cccc(C(C)C)c1NC(=O)Cn1cc(C(F)(F)F)ccc1=O. The maximum Gasteiger partial charge on any atom is 0.417 e. The Morgan fingerprint density at radius 2 is 1.59 bits per heavy atom. The summed E-state index contributed by atoms with van der Waals surface area (Å²) in [5.74, 6) is -0.253. The third-order valence-electron chi connectivity index (χ3n) is 4.26. The van der Waals surface area contributed by atoms with Gasteiger partial charge in [0.1, 0.15) is 6.54 Å². The van der Waals surface area contributed by atoms with Crippen LogP contribution in [0.3, 0.4) is 0 Å². The number of amides is 1. The number of hydrogen-bond donors (Lipinski definition) is 1. The second kappa shape index (κ2) is 7.98. The van der Waals surface area contributed by atoms with Gasteiger partial charge in [0.25, 0.3) is 5.56 Å². The van der Waals surface area contributed by atoms with E-state index in [1.165, 1.54) is 0 Å². The molecule has 1 N–H and O–H groups in total. The largest absolute Gasteiger partial charge is 0.417 e. The first kappa shape index (κ1) is 20.7. The molecular weight excluding hydrogens is 357 g/mol. The molecule has 1 aromatic heterocycles. The van der Waals surface area contributed by atoms with E-state index in [2.05, 4.69) is 5.32 Å². The maximum atomic E-state index is 12.9. The van der Waals surface area contributed by atoms with Gasteiger partial charge in [-0.25, -0.2) is 0 Å². The van der Waals surface area contributed by atoms with Crippen LogP contribution in [0, 0.1) is 0 Å². The van der Waals surface area contributed by atoms with Gasteiger partial charge in [0.2, 0.25) is 5.91 Å². The molecule has 0 radical (unpaired) electrons. The second-order valence-electron chi connectivity index (χ2n) is 7.05. The fourth-order valence-corrected chi connectivity index (χ4v) is 2.85. The van der Waals surface area contributed by atoms with E-state index in [0.29, 0.717) is 18.0 Å². The molecule has 0 atom stereocenters. The molecule has 0 saturated carbocycles. The third kappa shape index (κ3) is 4.99. The molecular formula is C20H23F3N2O2. The predicted octanol–water partition coefficient (Wildman–Crippen LogP) is 4.75. The maximum absolute atomic E-state index is 12.9. The highest BCUT2D eigenvalue weighted by atomic mass is 19.4. The highest BCUT2D eigenvalue weighted by Gasteiger charge is 2.31. The molecule has 0 spiro atoms. The fourth-order valence-electron chi connectivity index (χ4n) is 2.85. The van der Waals surface area contributed by atoms with E-state index >= 15 is 0 Å². The molecule has 0 saturated heterocycles. The van der Waals surface area contributed by atoms with Crippen LogP contribution < -0.4 is 10.9 Å². The predicted molar refractivity (Wildman–Crippen MR) is 99.0 cm³/mol. The Balaban J connectivity index is 2.33. The number of anilines is 1. The van der Waals surface area contributed by atoms with Crippen molar-refractivity contribution in [1.29, 1.82) is 0 Å². The van der Waals surface area contributed by atoms with Gasteiger partial charge in [0, 0.05) is 18.0 Å². The van der Waals surface area contributed by atoms with Gasteiger partial charge in [-0.2, -0.15) is 13.2 Å². The van der Waals surface area contributed by atoms with Crippen LogP contribution in [0.25, 0.3) is 0 Å². The van der Waals surface area contributed by atoms with Gasteiger partial charge >= 0.3 is 6.18 Å². The second-order valence-corrected chi connectivity index (χ2v) is 7.05. The molecule has 1 heterocycles. The van der Waals surface area contributed by atoms with Gasteiger partial charge in [-0.1, -0.05) is 45.9 Å². The molecule has 0 bridgehead atoms. The smallest absolute Gasteiger partial charge is 0.324 e. The van der Waals surface area contributed by atoms with Crippen molar-refractivity contribution in [1.82, 2.24) is 4.57 Å². The summed E-state index contributed by atoms with van der Waals surface area (Å²) in [5, 5.41) is 2.80. The minimum atomic E-state index is -4.58. The summed E-state index contributed by atoms with van der Waals surface area (Å²) >= 11 is 0. The van der Waals surface area contributed by atoms with Crippen LogP contribution in [0.5, 0.6) is 0 Å². The molecule has 0 aliphatic rings. The van der Waals surface area contributed by atoms with Crippen molar-refractivity contribution >= 4 is 11.6 Å². The third-order valence-corrected chi connectivity index (χ3v) is 4.26. The summed E-state index contributed by atoms with van der Waals surface area (Å²) in [7, 11) is 0. The number of pyridine rings is 1. The van der Waals surface area contributed by atoms with Crippen molar-refractivity contribution in [3.63, 3.8) is 0 Å². The molecule has 27 heavy (non-hydrogen) atoms. The van der Waals surface area contributed by atoms with Gasteiger partial charge in [-0.05, 0) is 29.0 Å². The van der Waals surface area contributed by atoms with Gasteiger partial charge in [-0.15, -0.1) is 0 Å². The zero-order valence-corrected chi connectivity index (χ0v) is 15.7.